The molecule has 1 aromatic carbocycles. The van der Waals surface area contributed by atoms with Crippen molar-refractivity contribution in [3.63, 3.8) is 0 Å². The first-order valence-electron chi connectivity index (χ1n) is 5.54. The summed E-state index contributed by atoms with van der Waals surface area (Å²) in [5, 5.41) is 9.67. The highest BCUT2D eigenvalue weighted by atomic mass is 35.5. The minimum Gasteiger partial charge on any atom is -0.504 e. The van der Waals surface area contributed by atoms with Crippen LogP contribution in [0.3, 0.4) is 0 Å². The van der Waals surface area contributed by atoms with Crippen molar-refractivity contribution in [2.45, 2.75) is 4.90 Å². The van der Waals surface area contributed by atoms with Gasteiger partial charge in [-0.05, 0) is 18.2 Å². The standard InChI is InChI=1S/C12H10Cl2N2O4S/c1-20-11-3-2-7(4-10(11)17)16-21(18,19)8-5-9(13)12(14)15-6-8/h2-6,16-17H,1H3. The summed E-state index contributed by atoms with van der Waals surface area (Å²) in [6, 6.07) is 5.28. The second-order valence-electron chi connectivity index (χ2n) is 3.94. The van der Waals surface area contributed by atoms with Crippen LogP contribution in [0.2, 0.25) is 10.2 Å². The quantitative estimate of drug-likeness (QED) is 0.829. The molecule has 0 saturated carbocycles. The molecule has 2 N–H and O–H groups in total. The summed E-state index contributed by atoms with van der Waals surface area (Å²) in [5.74, 6) is 0.0408. The summed E-state index contributed by atoms with van der Waals surface area (Å²) in [6.07, 6.45) is 1.08. The van der Waals surface area contributed by atoms with Crippen molar-refractivity contribution in [1.82, 2.24) is 4.98 Å². The molecule has 0 bridgehead atoms. The number of sulfonamides is 1. The van der Waals surface area contributed by atoms with Crippen molar-refractivity contribution >= 4 is 38.9 Å². The number of rotatable bonds is 4. The maximum Gasteiger partial charge on any atom is 0.263 e. The third-order valence-corrected chi connectivity index (χ3v) is 4.55. The number of benzene rings is 1. The van der Waals surface area contributed by atoms with Gasteiger partial charge in [-0.15, -0.1) is 0 Å². The molecule has 6 nitrogen and oxygen atoms in total. The van der Waals surface area contributed by atoms with E-state index in [1.165, 1.54) is 31.4 Å². The molecule has 0 fully saturated rings. The molecule has 1 heterocycles. The Balaban J connectivity index is 2.32. The van der Waals surface area contributed by atoms with E-state index in [0.717, 1.165) is 6.20 Å². The van der Waals surface area contributed by atoms with Gasteiger partial charge in [0, 0.05) is 12.3 Å². The van der Waals surface area contributed by atoms with Gasteiger partial charge in [0.25, 0.3) is 10.0 Å². The van der Waals surface area contributed by atoms with Crippen molar-refractivity contribution in [2.75, 3.05) is 11.8 Å². The molecule has 0 unspecified atom stereocenters. The van der Waals surface area contributed by atoms with E-state index in [1.54, 1.807) is 0 Å². The molecule has 1 aromatic heterocycles. The number of aromatic hydroxyl groups is 1. The number of phenolic OH excluding ortho intramolecular Hbond substituents is 1. The Morgan fingerprint density at radius 2 is 2.00 bits per heavy atom. The van der Waals surface area contributed by atoms with E-state index in [0.29, 0.717) is 0 Å². The molecule has 0 saturated heterocycles. The summed E-state index contributed by atoms with van der Waals surface area (Å²) >= 11 is 11.4. The van der Waals surface area contributed by atoms with Gasteiger partial charge < -0.3 is 9.84 Å². The molecule has 0 spiro atoms. The Morgan fingerprint density at radius 1 is 1.29 bits per heavy atom. The Morgan fingerprint density at radius 3 is 2.57 bits per heavy atom. The van der Waals surface area contributed by atoms with Gasteiger partial charge in [-0.2, -0.15) is 0 Å². The van der Waals surface area contributed by atoms with Gasteiger partial charge in [-0.3, -0.25) is 4.72 Å². The molecule has 0 aliphatic heterocycles. The molecule has 0 amide bonds. The second-order valence-corrected chi connectivity index (χ2v) is 6.38. The third-order valence-electron chi connectivity index (χ3n) is 2.51. The van der Waals surface area contributed by atoms with Crippen LogP contribution in [0, 0.1) is 0 Å². The average Bonchev–Trinajstić information content (AvgIpc) is 2.41. The number of aromatic nitrogens is 1. The van der Waals surface area contributed by atoms with Crippen molar-refractivity contribution < 1.29 is 18.3 Å². The summed E-state index contributed by atoms with van der Waals surface area (Å²) < 4.78 is 31.5. The maximum absolute atomic E-state index is 12.2. The summed E-state index contributed by atoms with van der Waals surface area (Å²) in [4.78, 5) is 3.53. The van der Waals surface area contributed by atoms with Crippen LogP contribution < -0.4 is 9.46 Å². The molecule has 21 heavy (non-hydrogen) atoms. The highest BCUT2D eigenvalue weighted by Gasteiger charge is 2.17. The lowest BCUT2D eigenvalue weighted by molar-refractivity contribution is 0.373. The van der Waals surface area contributed by atoms with Crippen LogP contribution in [0.25, 0.3) is 0 Å². The lowest BCUT2D eigenvalue weighted by Gasteiger charge is -2.10. The number of anilines is 1. The zero-order chi connectivity index (χ0) is 15.6. The first-order valence-corrected chi connectivity index (χ1v) is 7.78. The van der Waals surface area contributed by atoms with Gasteiger partial charge in [0.15, 0.2) is 11.5 Å². The Hall–Kier alpha value is -1.70. The molecule has 2 rings (SSSR count). The smallest absolute Gasteiger partial charge is 0.263 e. The second kappa shape index (κ2) is 5.97. The Labute approximate surface area is 131 Å². The molecular formula is C12H10Cl2N2O4S. The van der Waals surface area contributed by atoms with Crippen LogP contribution >= 0.6 is 23.2 Å². The average molecular weight is 349 g/mol. The molecular weight excluding hydrogens is 339 g/mol. The van der Waals surface area contributed by atoms with Gasteiger partial charge in [0.2, 0.25) is 0 Å². The predicted octanol–water partition coefficient (Wildman–Crippen LogP) is 2.90. The van der Waals surface area contributed by atoms with Gasteiger partial charge in [0.1, 0.15) is 10.0 Å². The summed E-state index contributed by atoms with van der Waals surface area (Å²) in [6.45, 7) is 0. The minimum absolute atomic E-state index is 0.0118. The molecule has 112 valence electrons. The zero-order valence-corrected chi connectivity index (χ0v) is 13.0. The fourth-order valence-electron chi connectivity index (χ4n) is 1.52. The number of ether oxygens (including phenoxy) is 1. The number of hydrogen-bond donors (Lipinski definition) is 2. The van der Waals surface area contributed by atoms with Gasteiger partial charge >= 0.3 is 0 Å². The van der Waals surface area contributed by atoms with Crippen molar-refractivity contribution in [3.8, 4) is 11.5 Å². The Bertz CT molecular complexity index is 781. The SMILES string of the molecule is COc1ccc(NS(=O)(=O)c2cnc(Cl)c(Cl)c2)cc1O. The van der Waals surface area contributed by atoms with Gasteiger partial charge in [-0.1, -0.05) is 23.2 Å². The molecule has 0 atom stereocenters. The van der Waals surface area contributed by atoms with E-state index in [-0.39, 0.29) is 32.3 Å². The molecule has 2 aromatic rings. The van der Waals surface area contributed by atoms with Crippen LogP contribution in [-0.2, 0) is 10.0 Å². The maximum atomic E-state index is 12.2. The molecule has 0 aliphatic carbocycles. The first-order chi connectivity index (χ1) is 9.83. The molecule has 0 aliphatic rings. The molecule has 9 heteroatoms. The number of methoxy groups -OCH3 is 1. The number of halogens is 2. The van der Waals surface area contributed by atoms with E-state index >= 15 is 0 Å². The summed E-state index contributed by atoms with van der Waals surface area (Å²) in [7, 11) is -2.51. The zero-order valence-electron chi connectivity index (χ0n) is 10.7. The number of nitrogens with zero attached hydrogens (tertiary/aromatic N) is 1. The monoisotopic (exact) mass is 348 g/mol. The van der Waals surface area contributed by atoms with Crippen molar-refractivity contribution in [1.29, 1.82) is 0 Å². The van der Waals surface area contributed by atoms with Gasteiger partial charge in [0.05, 0.1) is 17.8 Å². The van der Waals surface area contributed by atoms with Crippen LogP contribution in [0.5, 0.6) is 11.5 Å². The van der Waals surface area contributed by atoms with Crippen molar-refractivity contribution in [2.24, 2.45) is 0 Å². The minimum atomic E-state index is -3.90. The van der Waals surface area contributed by atoms with Crippen LogP contribution in [0.1, 0.15) is 0 Å². The van der Waals surface area contributed by atoms with Crippen LogP contribution in [-0.4, -0.2) is 25.6 Å². The lowest BCUT2D eigenvalue weighted by Crippen LogP contribution is -2.13. The Kier molecular flexibility index (Phi) is 4.46. The van der Waals surface area contributed by atoms with Crippen LogP contribution in [0.4, 0.5) is 5.69 Å². The van der Waals surface area contributed by atoms with E-state index in [9.17, 15) is 13.5 Å². The lowest BCUT2D eigenvalue weighted by atomic mass is 10.3. The fraction of sp³-hybridized carbons (Fsp3) is 0.0833. The summed E-state index contributed by atoms with van der Waals surface area (Å²) in [5.41, 5.74) is 0.166. The highest BCUT2D eigenvalue weighted by molar-refractivity contribution is 7.92. The highest BCUT2D eigenvalue weighted by Crippen LogP contribution is 2.30. The van der Waals surface area contributed by atoms with E-state index in [4.69, 9.17) is 27.9 Å². The third kappa shape index (κ3) is 3.49. The van der Waals surface area contributed by atoms with Crippen LogP contribution in [0.15, 0.2) is 35.4 Å². The number of pyridine rings is 1. The number of phenols is 1. The van der Waals surface area contributed by atoms with Gasteiger partial charge in [-0.25, -0.2) is 13.4 Å². The topological polar surface area (TPSA) is 88.5 Å². The van der Waals surface area contributed by atoms with E-state index in [2.05, 4.69) is 9.71 Å². The van der Waals surface area contributed by atoms with E-state index in [1.807, 2.05) is 0 Å². The fourth-order valence-corrected chi connectivity index (χ4v) is 2.87. The molecule has 0 radical (unpaired) electrons. The van der Waals surface area contributed by atoms with Crippen molar-refractivity contribution in [3.05, 3.63) is 40.6 Å². The number of hydrogen-bond acceptors (Lipinski definition) is 5. The largest absolute Gasteiger partial charge is 0.504 e. The number of nitrogens with one attached hydrogen (secondary N) is 1. The normalized spacial score (nSPS) is 11.2. The predicted molar refractivity (Wildman–Crippen MR) is 79.7 cm³/mol. The van der Waals surface area contributed by atoms with E-state index < -0.39 is 10.0 Å². The first kappa shape index (κ1) is 15.7.